The maximum absolute atomic E-state index is 16.1. The van der Waals surface area contributed by atoms with Crippen molar-refractivity contribution in [3.63, 3.8) is 0 Å². The van der Waals surface area contributed by atoms with Crippen LogP contribution in [0.15, 0.2) is 200 Å². The van der Waals surface area contributed by atoms with Gasteiger partial charge in [-0.25, -0.2) is 4.39 Å². The van der Waals surface area contributed by atoms with Gasteiger partial charge in [-0.05, 0) is 51.6 Å². The van der Waals surface area contributed by atoms with E-state index in [2.05, 4.69) is 96.5 Å². The van der Waals surface area contributed by atoms with Crippen molar-refractivity contribution < 1.29 is 4.39 Å². The quantitative estimate of drug-likeness (QED) is 0.127. The fourth-order valence-electron chi connectivity index (χ4n) is 6.58. The van der Waals surface area contributed by atoms with Gasteiger partial charge in [-0.15, -0.1) is 0 Å². The maximum Gasteiger partial charge on any atom is 0.140 e. The highest BCUT2D eigenvalue weighted by Crippen LogP contribution is 2.40. The molecule has 0 saturated carbocycles. The first-order valence-electron chi connectivity index (χ1n) is 16.4. The molecule has 0 aliphatic carbocycles. The van der Waals surface area contributed by atoms with Crippen LogP contribution in [0.2, 0.25) is 0 Å². The van der Waals surface area contributed by atoms with Crippen molar-refractivity contribution in [1.82, 2.24) is 0 Å². The molecule has 0 nitrogen and oxygen atoms in total. The molecule has 0 aliphatic heterocycles. The Morgan fingerprint density at radius 1 is 0.327 bits per heavy atom. The van der Waals surface area contributed by atoms with Crippen LogP contribution in [0.4, 0.5) is 4.39 Å². The minimum atomic E-state index is -0.810. The predicted molar refractivity (Wildman–Crippen MR) is 199 cm³/mol. The van der Waals surface area contributed by atoms with E-state index in [-0.39, 0.29) is 0 Å². The van der Waals surface area contributed by atoms with Gasteiger partial charge in [-0.2, -0.15) is 0 Å². The van der Waals surface area contributed by atoms with Gasteiger partial charge in [0.1, 0.15) is 16.6 Å². The van der Waals surface area contributed by atoms with Crippen LogP contribution in [0.25, 0.3) is 0 Å². The Bertz CT molecular complexity index is 2060. The molecule has 0 aromatic heterocycles. The van der Waals surface area contributed by atoms with Crippen molar-refractivity contribution in [2.75, 3.05) is 0 Å². The van der Waals surface area contributed by atoms with Gasteiger partial charge in [-0.3, -0.25) is 0 Å². The second-order valence-corrected chi connectivity index (χ2v) is 11.9. The van der Waals surface area contributed by atoms with Gasteiger partial charge >= 0.3 is 0 Å². The highest BCUT2D eigenvalue weighted by atomic mass is 19.1. The summed E-state index contributed by atoms with van der Waals surface area (Å²) in [6.07, 6.45) is 0. The Hall–Kier alpha value is -6.41. The molecule has 7 aromatic carbocycles. The molecule has 0 heterocycles. The highest BCUT2D eigenvalue weighted by molar-refractivity contribution is 5.62. The normalized spacial score (nSPS) is 11.0. The third-order valence-corrected chi connectivity index (χ3v) is 8.99. The second kappa shape index (κ2) is 14.1. The lowest BCUT2D eigenvalue weighted by Crippen LogP contribution is -2.27. The first-order valence-corrected chi connectivity index (χ1v) is 16.4. The third kappa shape index (κ3) is 6.19. The van der Waals surface area contributed by atoms with E-state index < -0.39 is 16.6 Å². The van der Waals surface area contributed by atoms with Crippen molar-refractivity contribution in [2.24, 2.45) is 0 Å². The Morgan fingerprint density at radius 3 is 0.898 bits per heavy atom. The van der Waals surface area contributed by atoms with Gasteiger partial charge in [0.05, 0.1) is 5.56 Å². The minimum Gasteiger partial charge on any atom is -0.206 e. The molecule has 232 valence electrons. The number of benzene rings is 7. The molecule has 0 unspecified atom stereocenters. The largest absolute Gasteiger partial charge is 0.206 e. The molecule has 7 aromatic rings. The average molecular weight is 629 g/mol. The molecule has 0 spiro atoms. The summed E-state index contributed by atoms with van der Waals surface area (Å²) in [5, 5.41) is 0. The number of rotatable bonds is 6. The van der Waals surface area contributed by atoms with E-state index in [0.29, 0.717) is 11.1 Å². The summed E-state index contributed by atoms with van der Waals surface area (Å²) in [7, 11) is 0. The van der Waals surface area contributed by atoms with Crippen LogP contribution in [0.5, 0.6) is 0 Å². The molecule has 49 heavy (non-hydrogen) atoms. The van der Waals surface area contributed by atoms with Crippen LogP contribution in [0, 0.1) is 29.5 Å². The van der Waals surface area contributed by atoms with Crippen LogP contribution in [-0.2, 0) is 10.8 Å². The van der Waals surface area contributed by atoms with Crippen LogP contribution < -0.4 is 0 Å². The number of hydrogen-bond acceptors (Lipinski definition) is 0. The van der Waals surface area contributed by atoms with Gasteiger partial charge in [-0.1, -0.05) is 206 Å². The maximum atomic E-state index is 16.1. The molecule has 0 aliphatic rings. The molecule has 0 radical (unpaired) electrons. The topological polar surface area (TPSA) is 0 Å². The highest BCUT2D eigenvalue weighted by Gasteiger charge is 2.35. The lowest BCUT2D eigenvalue weighted by Gasteiger charge is -2.31. The summed E-state index contributed by atoms with van der Waals surface area (Å²) < 4.78 is 16.1. The zero-order chi connectivity index (χ0) is 33.4. The molecule has 0 bridgehead atoms. The number of hydrogen-bond donors (Lipinski definition) is 0. The standard InChI is InChI=1S/C48H33F/c49-46-37-38(33-35-47(40-19-7-1-8-20-40,41-21-9-2-10-22-41)42-23-11-3-12-24-42)31-32-39(46)34-36-48(43-25-13-4-14-26-43,44-27-15-5-16-28-44)45-29-17-6-18-30-45/h1-32,37H. The van der Waals surface area contributed by atoms with Gasteiger partial charge < -0.3 is 0 Å². The van der Waals surface area contributed by atoms with Gasteiger partial charge in [0.2, 0.25) is 0 Å². The van der Waals surface area contributed by atoms with Gasteiger partial charge in [0, 0.05) is 5.56 Å². The molecule has 0 amide bonds. The Balaban J connectivity index is 1.35. The van der Waals surface area contributed by atoms with Crippen LogP contribution in [0.1, 0.15) is 44.5 Å². The predicted octanol–water partition coefficient (Wildman–Crippen LogP) is 10.6. The van der Waals surface area contributed by atoms with Crippen molar-refractivity contribution >= 4 is 0 Å². The first-order chi connectivity index (χ1) is 24.2. The summed E-state index contributed by atoms with van der Waals surface area (Å²) in [5.74, 6) is 13.4. The van der Waals surface area contributed by atoms with Crippen LogP contribution in [-0.4, -0.2) is 0 Å². The summed E-state index contributed by atoms with van der Waals surface area (Å²) >= 11 is 0. The monoisotopic (exact) mass is 628 g/mol. The first kappa shape index (κ1) is 31.2. The second-order valence-electron chi connectivity index (χ2n) is 11.9. The molecular weight excluding hydrogens is 596 g/mol. The number of halogens is 1. The molecule has 0 saturated heterocycles. The lowest BCUT2D eigenvalue weighted by atomic mass is 9.70. The van der Waals surface area contributed by atoms with Crippen LogP contribution in [0.3, 0.4) is 0 Å². The Kier molecular flexibility index (Phi) is 9.01. The Labute approximate surface area is 288 Å². The van der Waals surface area contributed by atoms with E-state index >= 15 is 4.39 Å². The molecule has 1 heteroatoms. The van der Waals surface area contributed by atoms with Crippen molar-refractivity contribution in [3.05, 3.63) is 251 Å². The van der Waals surface area contributed by atoms with E-state index in [1.54, 1.807) is 6.07 Å². The summed E-state index contributed by atoms with van der Waals surface area (Å²) in [5.41, 5.74) is 5.50. The molecule has 0 N–H and O–H groups in total. The van der Waals surface area contributed by atoms with Crippen molar-refractivity contribution in [1.29, 1.82) is 0 Å². The van der Waals surface area contributed by atoms with E-state index in [1.165, 1.54) is 6.07 Å². The SMILES string of the molecule is Fc1cc(C#CC(c2ccccc2)(c2ccccc2)c2ccccc2)ccc1C#CC(c1ccccc1)(c1ccccc1)c1ccccc1. The van der Waals surface area contributed by atoms with Gasteiger partial charge in [0.15, 0.2) is 0 Å². The van der Waals surface area contributed by atoms with Crippen molar-refractivity contribution in [3.8, 4) is 23.7 Å². The van der Waals surface area contributed by atoms with E-state index in [1.807, 2.05) is 115 Å². The summed E-state index contributed by atoms with van der Waals surface area (Å²) in [4.78, 5) is 0. The summed E-state index contributed by atoms with van der Waals surface area (Å²) in [6, 6.07) is 66.6. The molecular formula is C48H33F. The lowest BCUT2D eigenvalue weighted by molar-refractivity contribution is 0.624. The zero-order valence-corrected chi connectivity index (χ0v) is 26.9. The Morgan fingerprint density at radius 2 is 0.612 bits per heavy atom. The average Bonchev–Trinajstić information content (AvgIpc) is 3.18. The molecule has 7 rings (SSSR count). The van der Waals surface area contributed by atoms with E-state index in [9.17, 15) is 0 Å². The fourth-order valence-corrected chi connectivity index (χ4v) is 6.58. The molecule has 0 fully saturated rings. The van der Waals surface area contributed by atoms with Crippen molar-refractivity contribution in [2.45, 2.75) is 10.8 Å². The smallest absolute Gasteiger partial charge is 0.140 e. The van der Waals surface area contributed by atoms with Gasteiger partial charge in [0.25, 0.3) is 0 Å². The molecule has 0 atom stereocenters. The fraction of sp³-hybridized carbons (Fsp3) is 0.0417. The van der Waals surface area contributed by atoms with E-state index in [0.717, 1.165) is 33.4 Å². The minimum absolute atomic E-state index is 0.318. The third-order valence-electron chi connectivity index (χ3n) is 8.99. The van der Waals surface area contributed by atoms with Crippen LogP contribution >= 0.6 is 0 Å². The zero-order valence-electron chi connectivity index (χ0n) is 26.9. The summed E-state index contributed by atoms with van der Waals surface area (Å²) in [6.45, 7) is 0. The van der Waals surface area contributed by atoms with E-state index in [4.69, 9.17) is 0 Å².